The predicted octanol–water partition coefficient (Wildman–Crippen LogP) is 2.35. The average molecular weight is 294 g/mol. The van der Waals surface area contributed by atoms with E-state index in [0.717, 1.165) is 24.0 Å². The van der Waals surface area contributed by atoms with Gasteiger partial charge in [-0.15, -0.1) is 0 Å². The van der Waals surface area contributed by atoms with Crippen molar-refractivity contribution in [1.29, 1.82) is 0 Å². The van der Waals surface area contributed by atoms with Crippen LogP contribution in [0.2, 0.25) is 0 Å². The number of aliphatic hydroxyl groups is 2. The van der Waals surface area contributed by atoms with Gasteiger partial charge in [-0.2, -0.15) is 0 Å². The van der Waals surface area contributed by atoms with Crippen molar-refractivity contribution in [1.82, 2.24) is 0 Å². The number of carbonyl (C=O) groups is 1. The molecule has 0 saturated carbocycles. The molecule has 0 spiro atoms. The Hall–Kier alpha value is -1.13. The van der Waals surface area contributed by atoms with Crippen molar-refractivity contribution in [2.45, 2.75) is 58.7 Å². The zero-order valence-electron chi connectivity index (χ0n) is 13.1. The quantitative estimate of drug-likeness (QED) is 0.606. The molecule has 2 rings (SSSR count). The summed E-state index contributed by atoms with van der Waals surface area (Å²) >= 11 is 0. The summed E-state index contributed by atoms with van der Waals surface area (Å²) < 4.78 is 5.54. The van der Waals surface area contributed by atoms with E-state index in [4.69, 9.17) is 4.74 Å². The summed E-state index contributed by atoms with van der Waals surface area (Å²) in [6.07, 6.45) is 5.71. The van der Waals surface area contributed by atoms with Crippen molar-refractivity contribution in [3.63, 3.8) is 0 Å². The molecule has 1 fully saturated rings. The van der Waals surface area contributed by atoms with Crippen molar-refractivity contribution in [2.75, 3.05) is 6.61 Å². The summed E-state index contributed by atoms with van der Waals surface area (Å²) in [7, 11) is 0. The first-order valence-electron chi connectivity index (χ1n) is 7.80. The smallest absolute Gasteiger partial charge is 0.310 e. The first-order chi connectivity index (χ1) is 9.95. The molecule has 4 heteroatoms. The number of ether oxygens (including phenoxy) is 1. The Morgan fingerprint density at radius 3 is 2.81 bits per heavy atom. The second-order valence-electron chi connectivity index (χ2n) is 6.34. The van der Waals surface area contributed by atoms with Crippen LogP contribution < -0.4 is 0 Å². The molecule has 21 heavy (non-hydrogen) atoms. The number of hydrogen-bond acceptors (Lipinski definition) is 4. The van der Waals surface area contributed by atoms with Crippen molar-refractivity contribution in [2.24, 2.45) is 11.3 Å². The number of aliphatic hydroxyl groups excluding tert-OH is 2. The summed E-state index contributed by atoms with van der Waals surface area (Å²) in [5.74, 6) is -0.596. The Kier molecular flexibility index (Phi) is 4.89. The molecule has 1 aliphatic heterocycles. The van der Waals surface area contributed by atoms with Crippen LogP contribution in [0, 0.1) is 11.3 Å². The maximum absolute atomic E-state index is 12.1. The molecule has 0 radical (unpaired) electrons. The molecular weight excluding hydrogens is 268 g/mol. The molecule has 0 aromatic heterocycles. The van der Waals surface area contributed by atoms with E-state index in [0.29, 0.717) is 12.8 Å². The van der Waals surface area contributed by atoms with E-state index in [1.807, 2.05) is 26.8 Å². The Morgan fingerprint density at radius 1 is 1.48 bits per heavy atom. The van der Waals surface area contributed by atoms with Gasteiger partial charge >= 0.3 is 5.97 Å². The Labute approximate surface area is 126 Å². The molecule has 2 aliphatic rings. The number of rotatable bonds is 2. The zero-order valence-corrected chi connectivity index (χ0v) is 13.1. The summed E-state index contributed by atoms with van der Waals surface area (Å²) in [5.41, 5.74) is 1.39. The van der Waals surface area contributed by atoms with E-state index in [-0.39, 0.29) is 18.5 Å². The first-order valence-corrected chi connectivity index (χ1v) is 7.80. The summed E-state index contributed by atoms with van der Waals surface area (Å²) in [6, 6.07) is 0. The fourth-order valence-electron chi connectivity index (χ4n) is 3.72. The van der Waals surface area contributed by atoms with Crippen molar-refractivity contribution < 1.29 is 19.7 Å². The topological polar surface area (TPSA) is 66.8 Å². The van der Waals surface area contributed by atoms with E-state index in [1.54, 1.807) is 0 Å². The first kappa shape index (κ1) is 16.2. The molecule has 0 aromatic rings. The highest BCUT2D eigenvalue weighted by Gasteiger charge is 2.57. The van der Waals surface area contributed by atoms with E-state index in [1.165, 1.54) is 0 Å². The van der Waals surface area contributed by atoms with Gasteiger partial charge in [-0.3, -0.25) is 4.79 Å². The van der Waals surface area contributed by atoms with Crippen LogP contribution in [0.3, 0.4) is 0 Å². The molecule has 2 N–H and O–H groups in total. The fourth-order valence-corrected chi connectivity index (χ4v) is 3.72. The van der Waals surface area contributed by atoms with Crippen LogP contribution in [0.4, 0.5) is 0 Å². The molecule has 118 valence electrons. The Bertz CT molecular complexity index is 465. The summed E-state index contributed by atoms with van der Waals surface area (Å²) in [6.45, 7) is 5.80. The van der Waals surface area contributed by atoms with Crippen LogP contribution in [0.25, 0.3) is 0 Å². The summed E-state index contributed by atoms with van der Waals surface area (Å²) in [5, 5.41) is 20.3. The molecule has 1 aliphatic carbocycles. The molecular formula is C17H26O4. The minimum Gasteiger partial charge on any atom is -0.457 e. The van der Waals surface area contributed by atoms with Crippen LogP contribution in [0.5, 0.6) is 0 Å². The third-order valence-electron chi connectivity index (χ3n) is 5.23. The normalized spacial score (nSPS) is 42.3. The lowest BCUT2D eigenvalue weighted by Crippen LogP contribution is -2.45. The van der Waals surface area contributed by atoms with Crippen LogP contribution in [-0.2, 0) is 9.53 Å². The lowest BCUT2D eigenvalue weighted by atomic mass is 9.66. The lowest BCUT2D eigenvalue weighted by molar-refractivity contribution is -0.142. The number of hydrogen-bond donors (Lipinski definition) is 2. The minimum atomic E-state index is -0.625. The highest BCUT2D eigenvalue weighted by atomic mass is 16.6. The third kappa shape index (κ3) is 2.79. The van der Waals surface area contributed by atoms with Gasteiger partial charge in [-0.25, -0.2) is 0 Å². The number of carbonyl (C=O) groups excluding carboxylic acids is 1. The van der Waals surface area contributed by atoms with Gasteiger partial charge in [0.25, 0.3) is 0 Å². The SMILES string of the molecule is CC[C@@]12C(C)C(=O)O[C@@H]1/C=C(\CO)CC/C=C(\C)C[C@@H]2O. The highest BCUT2D eigenvalue weighted by Crippen LogP contribution is 2.49. The van der Waals surface area contributed by atoms with Gasteiger partial charge in [0.2, 0.25) is 0 Å². The van der Waals surface area contributed by atoms with Gasteiger partial charge in [-0.1, -0.05) is 25.5 Å². The molecule has 4 atom stereocenters. The second-order valence-corrected chi connectivity index (χ2v) is 6.34. The highest BCUT2D eigenvalue weighted by molar-refractivity contribution is 5.76. The van der Waals surface area contributed by atoms with Crippen molar-refractivity contribution in [3.05, 3.63) is 23.3 Å². The molecule has 1 saturated heterocycles. The molecule has 0 amide bonds. The van der Waals surface area contributed by atoms with Crippen molar-refractivity contribution >= 4 is 5.97 Å². The lowest BCUT2D eigenvalue weighted by Gasteiger charge is -2.39. The maximum Gasteiger partial charge on any atom is 0.310 e. The maximum atomic E-state index is 12.1. The third-order valence-corrected chi connectivity index (χ3v) is 5.23. The van der Waals surface area contributed by atoms with Gasteiger partial charge in [0, 0.05) is 0 Å². The number of fused-ring (bicyclic) bond motifs is 1. The largest absolute Gasteiger partial charge is 0.457 e. The van der Waals surface area contributed by atoms with Gasteiger partial charge in [0.15, 0.2) is 0 Å². The van der Waals surface area contributed by atoms with E-state index >= 15 is 0 Å². The van der Waals surface area contributed by atoms with Gasteiger partial charge in [0.1, 0.15) is 6.10 Å². The standard InChI is InChI=1S/C17H26O4/c1-4-17-12(3)16(20)21-15(17)9-13(10-18)7-5-6-11(2)8-14(17)19/h6,9,12,14-15,18-19H,4-5,7-8,10H2,1-3H3/b11-6+,13-9-/t12?,14-,15+,17-/m0/s1. The van der Waals surface area contributed by atoms with Gasteiger partial charge < -0.3 is 14.9 Å². The molecule has 1 unspecified atom stereocenters. The van der Waals surface area contributed by atoms with Gasteiger partial charge in [0.05, 0.1) is 24.0 Å². The van der Waals surface area contributed by atoms with Crippen LogP contribution in [0.15, 0.2) is 23.3 Å². The van der Waals surface area contributed by atoms with Gasteiger partial charge in [-0.05, 0) is 44.3 Å². The Morgan fingerprint density at radius 2 is 2.19 bits per heavy atom. The molecule has 1 heterocycles. The van der Waals surface area contributed by atoms with E-state index < -0.39 is 17.6 Å². The monoisotopic (exact) mass is 294 g/mol. The average Bonchev–Trinajstić information content (AvgIpc) is 2.69. The van der Waals surface area contributed by atoms with Crippen LogP contribution in [-0.4, -0.2) is 35.0 Å². The number of allylic oxidation sites excluding steroid dienone is 1. The second kappa shape index (κ2) is 6.32. The van der Waals surface area contributed by atoms with Crippen LogP contribution >= 0.6 is 0 Å². The van der Waals surface area contributed by atoms with E-state index in [2.05, 4.69) is 6.08 Å². The number of esters is 1. The molecule has 4 nitrogen and oxygen atoms in total. The Balaban J connectivity index is 2.49. The fraction of sp³-hybridized carbons (Fsp3) is 0.706. The van der Waals surface area contributed by atoms with Crippen LogP contribution in [0.1, 0.15) is 46.5 Å². The minimum absolute atomic E-state index is 0.0365. The van der Waals surface area contributed by atoms with E-state index in [9.17, 15) is 15.0 Å². The zero-order chi connectivity index (χ0) is 15.6. The summed E-state index contributed by atoms with van der Waals surface area (Å²) in [4.78, 5) is 12.1. The van der Waals surface area contributed by atoms with Crippen molar-refractivity contribution in [3.8, 4) is 0 Å². The molecule has 0 bridgehead atoms. The molecule has 0 aromatic carbocycles. The predicted molar refractivity (Wildman–Crippen MR) is 80.6 cm³/mol.